The molecule has 1 heterocycles. The molecule has 0 atom stereocenters. The first-order chi connectivity index (χ1) is 9.76. The van der Waals surface area contributed by atoms with Crippen LogP contribution in [-0.4, -0.2) is 19.0 Å². The lowest BCUT2D eigenvalue weighted by molar-refractivity contribution is -0.115. The molecule has 2 N–H and O–H groups in total. The summed E-state index contributed by atoms with van der Waals surface area (Å²) in [7, 11) is 0. The van der Waals surface area contributed by atoms with Gasteiger partial charge in [-0.3, -0.25) is 4.79 Å². The fraction of sp³-hybridized carbons (Fsp3) is 0.600. The van der Waals surface area contributed by atoms with Gasteiger partial charge in [0, 0.05) is 4.88 Å². The molecule has 0 unspecified atom stereocenters. The third-order valence-electron chi connectivity index (χ3n) is 3.50. The number of thiophene rings is 1. The van der Waals surface area contributed by atoms with Gasteiger partial charge in [-0.1, -0.05) is 13.3 Å². The Balaban J connectivity index is 2.08. The lowest BCUT2D eigenvalue weighted by Gasteiger charge is -2.05. The van der Waals surface area contributed by atoms with Gasteiger partial charge in [-0.25, -0.2) is 0 Å². The molecule has 1 aromatic rings. The van der Waals surface area contributed by atoms with Crippen molar-refractivity contribution in [3.8, 4) is 6.07 Å². The molecular formula is C15H21N3OS. The van der Waals surface area contributed by atoms with E-state index in [1.807, 2.05) is 0 Å². The number of aryl methyl sites for hydroxylation is 1. The van der Waals surface area contributed by atoms with Crippen LogP contribution in [0, 0.1) is 11.3 Å². The summed E-state index contributed by atoms with van der Waals surface area (Å²) in [4.78, 5) is 13.1. The molecule has 0 spiro atoms. The van der Waals surface area contributed by atoms with E-state index in [0.717, 1.165) is 37.2 Å². The highest BCUT2D eigenvalue weighted by Gasteiger charge is 2.20. The zero-order chi connectivity index (χ0) is 14.4. The van der Waals surface area contributed by atoms with Crippen LogP contribution < -0.4 is 10.6 Å². The molecule has 0 aromatic carbocycles. The molecule has 0 aliphatic heterocycles. The topological polar surface area (TPSA) is 64.9 Å². The number of anilines is 1. The molecule has 0 radical (unpaired) electrons. The van der Waals surface area contributed by atoms with Gasteiger partial charge in [0.2, 0.25) is 5.91 Å². The highest BCUT2D eigenvalue weighted by atomic mass is 32.1. The van der Waals surface area contributed by atoms with Crippen molar-refractivity contribution in [3.05, 3.63) is 16.0 Å². The summed E-state index contributed by atoms with van der Waals surface area (Å²) < 4.78 is 0. The Bertz CT molecular complexity index is 516. The van der Waals surface area contributed by atoms with Crippen molar-refractivity contribution >= 4 is 22.2 Å². The van der Waals surface area contributed by atoms with Gasteiger partial charge >= 0.3 is 0 Å². The van der Waals surface area contributed by atoms with Crippen molar-refractivity contribution in [2.24, 2.45) is 0 Å². The number of carbonyl (C=O) groups is 1. The van der Waals surface area contributed by atoms with Crippen molar-refractivity contribution in [3.63, 3.8) is 0 Å². The Morgan fingerprint density at radius 1 is 1.35 bits per heavy atom. The lowest BCUT2D eigenvalue weighted by Crippen LogP contribution is -2.28. The maximum Gasteiger partial charge on any atom is 0.238 e. The predicted molar refractivity (Wildman–Crippen MR) is 82.1 cm³/mol. The smallest absolute Gasteiger partial charge is 0.238 e. The average molecular weight is 291 g/mol. The van der Waals surface area contributed by atoms with Gasteiger partial charge in [0.25, 0.3) is 0 Å². The monoisotopic (exact) mass is 291 g/mol. The van der Waals surface area contributed by atoms with Gasteiger partial charge in [0.15, 0.2) is 0 Å². The van der Waals surface area contributed by atoms with E-state index in [0.29, 0.717) is 12.1 Å². The molecule has 5 heteroatoms. The molecule has 0 saturated heterocycles. The first-order valence-electron chi connectivity index (χ1n) is 7.31. The Hall–Kier alpha value is -1.38. The van der Waals surface area contributed by atoms with E-state index in [9.17, 15) is 10.1 Å². The second kappa shape index (κ2) is 7.41. The standard InChI is InChI=1S/C15H21N3OS/c1-2-8-17-10-14(19)18-15-12(9-16)11-6-4-3-5-7-13(11)20-15/h17H,2-8,10H2,1H3,(H,18,19). The van der Waals surface area contributed by atoms with Crippen molar-refractivity contribution in [1.29, 1.82) is 5.26 Å². The zero-order valence-electron chi connectivity index (χ0n) is 11.9. The molecule has 4 nitrogen and oxygen atoms in total. The summed E-state index contributed by atoms with van der Waals surface area (Å²) >= 11 is 1.59. The molecule has 1 aromatic heterocycles. The quantitative estimate of drug-likeness (QED) is 0.647. The van der Waals surface area contributed by atoms with E-state index in [-0.39, 0.29) is 5.91 Å². The number of nitriles is 1. The minimum atomic E-state index is -0.0636. The van der Waals surface area contributed by atoms with E-state index < -0.39 is 0 Å². The SMILES string of the molecule is CCCNCC(=O)Nc1sc2c(c1C#N)CCCCC2. The summed E-state index contributed by atoms with van der Waals surface area (Å²) in [5.74, 6) is -0.0636. The van der Waals surface area contributed by atoms with Gasteiger partial charge in [0.1, 0.15) is 11.1 Å². The van der Waals surface area contributed by atoms with Crippen molar-refractivity contribution in [2.75, 3.05) is 18.4 Å². The summed E-state index contributed by atoms with van der Waals surface area (Å²) in [6, 6.07) is 2.28. The van der Waals surface area contributed by atoms with Crippen LogP contribution in [0.3, 0.4) is 0 Å². The Morgan fingerprint density at radius 3 is 2.90 bits per heavy atom. The number of hydrogen-bond acceptors (Lipinski definition) is 4. The van der Waals surface area contributed by atoms with E-state index in [2.05, 4.69) is 23.6 Å². The Morgan fingerprint density at radius 2 is 2.15 bits per heavy atom. The largest absolute Gasteiger partial charge is 0.315 e. The van der Waals surface area contributed by atoms with Crippen LogP contribution in [-0.2, 0) is 17.6 Å². The van der Waals surface area contributed by atoms with Crippen molar-refractivity contribution in [2.45, 2.75) is 45.4 Å². The molecule has 0 fully saturated rings. The van der Waals surface area contributed by atoms with E-state index >= 15 is 0 Å². The van der Waals surface area contributed by atoms with E-state index in [1.165, 1.54) is 23.3 Å². The fourth-order valence-corrected chi connectivity index (χ4v) is 3.75. The predicted octanol–water partition coefficient (Wildman–Crippen LogP) is 2.83. The lowest BCUT2D eigenvalue weighted by atomic mass is 10.1. The number of nitrogens with zero attached hydrogens (tertiary/aromatic N) is 1. The maximum atomic E-state index is 11.9. The van der Waals surface area contributed by atoms with Gasteiger partial charge in [-0.15, -0.1) is 11.3 Å². The Labute approximate surface area is 124 Å². The molecule has 1 aliphatic carbocycles. The summed E-state index contributed by atoms with van der Waals surface area (Å²) in [6.45, 7) is 3.20. The van der Waals surface area contributed by atoms with Crippen molar-refractivity contribution in [1.82, 2.24) is 5.32 Å². The first-order valence-corrected chi connectivity index (χ1v) is 8.13. The van der Waals surface area contributed by atoms with E-state index in [4.69, 9.17) is 0 Å². The molecular weight excluding hydrogens is 270 g/mol. The molecule has 108 valence electrons. The third-order valence-corrected chi connectivity index (χ3v) is 4.71. The fourth-order valence-electron chi connectivity index (χ4n) is 2.50. The second-order valence-corrected chi connectivity index (χ2v) is 6.21. The van der Waals surface area contributed by atoms with Crippen LogP contribution in [0.2, 0.25) is 0 Å². The summed E-state index contributed by atoms with van der Waals surface area (Å²) in [6.07, 6.45) is 6.57. The molecule has 0 saturated carbocycles. The first kappa shape index (κ1) is 15.0. The van der Waals surface area contributed by atoms with Gasteiger partial charge in [0.05, 0.1) is 12.1 Å². The Kier molecular flexibility index (Phi) is 5.57. The number of hydrogen-bond donors (Lipinski definition) is 2. The number of amides is 1. The van der Waals surface area contributed by atoms with Crippen LogP contribution >= 0.6 is 11.3 Å². The highest BCUT2D eigenvalue weighted by Crippen LogP contribution is 2.36. The second-order valence-electron chi connectivity index (χ2n) is 5.11. The summed E-state index contributed by atoms with van der Waals surface area (Å²) in [5, 5.41) is 16.1. The average Bonchev–Trinajstić information content (AvgIpc) is 2.60. The number of nitrogens with one attached hydrogen (secondary N) is 2. The van der Waals surface area contributed by atoms with E-state index in [1.54, 1.807) is 11.3 Å². The van der Waals surface area contributed by atoms with Gasteiger partial charge in [-0.2, -0.15) is 5.26 Å². The number of fused-ring (bicyclic) bond motifs is 1. The highest BCUT2D eigenvalue weighted by molar-refractivity contribution is 7.16. The molecule has 1 aliphatic rings. The van der Waals surface area contributed by atoms with Crippen LogP contribution in [0.5, 0.6) is 0 Å². The van der Waals surface area contributed by atoms with Gasteiger partial charge in [-0.05, 0) is 44.2 Å². The minimum absolute atomic E-state index is 0.0636. The molecule has 1 amide bonds. The molecule has 0 bridgehead atoms. The summed E-state index contributed by atoms with van der Waals surface area (Å²) in [5.41, 5.74) is 1.86. The molecule has 20 heavy (non-hydrogen) atoms. The van der Waals surface area contributed by atoms with Crippen molar-refractivity contribution < 1.29 is 4.79 Å². The van der Waals surface area contributed by atoms with Crippen LogP contribution in [0.4, 0.5) is 5.00 Å². The number of carbonyl (C=O) groups excluding carboxylic acids is 1. The van der Waals surface area contributed by atoms with Crippen LogP contribution in [0.25, 0.3) is 0 Å². The minimum Gasteiger partial charge on any atom is -0.315 e. The van der Waals surface area contributed by atoms with Crippen LogP contribution in [0.15, 0.2) is 0 Å². The third kappa shape index (κ3) is 3.59. The van der Waals surface area contributed by atoms with Crippen LogP contribution in [0.1, 0.15) is 48.6 Å². The van der Waals surface area contributed by atoms with Gasteiger partial charge < -0.3 is 10.6 Å². The normalized spacial score (nSPS) is 14.2. The maximum absolute atomic E-state index is 11.9. The number of rotatable bonds is 5. The molecule has 2 rings (SSSR count). The zero-order valence-corrected chi connectivity index (χ0v) is 12.7.